The molecule has 7 heteroatoms. The normalized spacial score (nSPS) is 14.3. The van der Waals surface area contributed by atoms with E-state index in [0.717, 1.165) is 18.5 Å². The molecule has 0 saturated carbocycles. The van der Waals surface area contributed by atoms with Crippen molar-refractivity contribution in [3.05, 3.63) is 28.6 Å². The lowest BCUT2D eigenvalue weighted by Gasteiger charge is -2.14. The molecule has 3 nitrogen and oxygen atoms in total. The summed E-state index contributed by atoms with van der Waals surface area (Å²) in [6.07, 6.45) is -6.10. The van der Waals surface area contributed by atoms with Gasteiger partial charge in [-0.15, -0.1) is 0 Å². The minimum Gasteiger partial charge on any atom is -0.442 e. The topological polar surface area (TPSA) is 46.3 Å². The van der Waals surface area contributed by atoms with Crippen molar-refractivity contribution >= 4 is 27.0 Å². The lowest BCUT2D eigenvalue weighted by Crippen LogP contribution is -2.20. The molecular formula is C9H5BrF3NO2. The van der Waals surface area contributed by atoms with Gasteiger partial charge >= 0.3 is 6.18 Å². The Labute approximate surface area is 96.0 Å². The van der Waals surface area contributed by atoms with Crippen molar-refractivity contribution < 1.29 is 22.7 Å². The highest BCUT2D eigenvalue weighted by atomic mass is 79.9. The number of hydrogen-bond acceptors (Lipinski definition) is 3. The summed E-state index contributed by atoms with van der Waals surface area (Å²) in [6, 6.07) is 2.30. The number of halogens is 4. The van der Waals surface area contributed by atoms with Crippen LogP contribution in [0.5, 0.6) is 0 Å². The number of nitrogens with zero attached hydrogens (tertiary/aromatic N) is 1. The highest BCUT2D eigenvalue weighted by Gasteiger charge is 2.39. The summed E-state index contributed by atoms with van der Waals surface area (Å²) < 4.78 is 42.1. The van der Waals surface area contributed by atoms with Gasteiger partial charge in [0.1, 0.15) is 5.52 Å². The minimum absolute atomic E-state index is 0.257. The van der Waals surface area contributed by atoms with Gasteiger partial charge in [0.2, 0.25) is 0 Å². The number of rotatable bonds is 1. The van der Waals surface area contributed by atoms with E-state index in [1.807, 2.05) is 0 Å². The van der Waals surface area contributed by atoms with Gasteiger partial charge in [-0.25, -0.2) is 4.98 Å². The molecule has 0 aliphatic rings. The van der Waals surface area contributed by atoms with Gasteiger partial charge in [0, 0.05) is 0 Å². The van der Waals surface area contributed by atoms with Crippen LogP contribution in [0, 0.1) is 0 Å². The zero-order valence-electron chi connectivity index (χ0n) is 7.62. The molecule has 1 aromatic heterocycles. The van der Waals surface area contributed by atoms with Gasteiger partial charge in [0.05, 0.1) is 4.47 Å². The van der Waals surface area contributed by atoms with Crippen LogP contribution in [-0.2, 0) is 0 Å². The van der Waals surface area contributed by atoms with Gasteiger partial charge in [-0.3, -0.25) is 0 Å². The molecule has 2 aromatic rings. The number of hydrogen-bond donors (Lipinski definition) is 1. The molecule has 0 radical (unpaired) electrons. The van der Waals surface area contributed by atoms with Crippen LogP contribution < -0.4 is 0 Å². The Bertz CT molecular complexity index is 523. The fourth-order valence-electron chi connectivity index (χ4n) is 1.29. The van der Waals surface area contributed by atoms with Gasteiger partial charge in [-0.05, 0) is 33.6 Å². The second-order valence-corrected chi connectivity index (χ2v) is 4.00. The first kappa shape index (κ1) is 11.4. The zero-order valence-corrected chi connectivity index (χ0v) is 9.21. The van der Waals surface area contributed by atoms with Crippen molar-refractivity contribution in [1.82, 2.24) is 4.98 Å². The fraction of sp³-hybridized carbons (Fsp3) is 0.222. The predicted octanol–water partition coefficient (Wildman–Crippen LogP) is 3.19. The smallest absolute Gasteiger partial charge is 0.418 e. The SMILES string of the molecule is OC(c1cc(Br)c2ocnc2c1)C(F)(F)F. The monoisotopic (exact) mass is 295 g/mol. The van der Waals surface area contributed by atoms with Crippen LogP contribution in [0.2, 0.25) is 0 Å². The standard InChI is InChI=1S/C9H5BrF3NO2/c10-5-1-4(8(15)9(11,12)13)2-6-7(5)16-3-14-6/h1-3,8,15H. The summed E-state index contributed by atoms with van der Waals surface area (Å²) in [5, 5.41) is 9.07. The van der Waals surface area contributed by atoms with Crippen LogP contribution in [-0.4, -0.2) is 16.3 Å². The van der Waals surface area contributed by atoms with E-state index in [0.29, 0.717) is 10.1 Å². The third-order valence-electron chi connectivity index (χ3n) is 2.03. The maximum absolute atomic E-state index is 12.3. The largest absolute Gasteiger partial charge is 0.442 e. The Morgan fingerprint density at radius 3 is 2.69 bits per heavy atom. The summed E-state index contributed by atoms with van der Waals surface area (Å²) in [4.78, 5) is 3.73. The number of oxazole rings is 1. The Hall–Kier alpha value is -1.08. The van der Waals surface area contributed by atoms with Crippen LogP contribution in [0.15, 0.2) is 27.4 Å². The van der Waals surface area contributed by atoms with E-state index >= 15 is 0 Å². The minimum atomic E-state index is -4.70. The molecule has 0 spiro atoms. The summed E-state index contributed by atoms with van der Waals surface area (Å²) >= 11 is 3.05. The van der Waals surface area contributed by atoms with Gasteiger partial charge < -0.3 is 9.52 Å². The Morgan fingerprint density at radius 1 is 1.38 bits per heavy atom. The molecule has 0 bridgehead atoms. The second kappa shape index (κ2) is 3.74. The van der Waals surface area contributed by atoms with Crippen LogP contribution in [0.25, 0.3) is 11.1 Å². The lowest BCUT2D eigenvalue weighted by molar-refractivity contribution is -0.206. The molecule has 1 heterocycles. The van der Waals surface area contributed by atoms with E-state index in [1.54, 1.807) is 0 Å². The van der Waals surface area contributed by atoms with E-state index in [2.05, 4.69) is 20.9 Å². The molecule has 1 N–H and O–H groups in total. The molecule has 0 aliphatic heterocycles. The van der Waals surface area contributed by atoms with Crippen molar-refractivity contribution in [2.24, 2.45) is 0 Å². The Balaban J connectivity index is 2.54. The third-order valence-corrected chi connectivity index (χ3v) is 2.62. The van der Waals surface area contributed by atoms with Crippen molar-refractivity contribution in [3.63, 3.8) is 0 Å². The van der Waals surface area contributed by atoms with Crippen molar-refractivity contribution in [2.45, 2.75) is 12.3 Å². The predicted molar refractivity (Wildman–Crippen MR) is 52.7 cm³/mol. The van der Waals surface area contributed by atoms with Crippen molar-refractivity contribution in [1.29, 1.82) is 0 Å². The van der Waals surface area contributed by atoms with Crippen molar-refractivity contribution in [3.8, 4) is 0 Å². The zero-order chi connectivity index (χ0) is 11.9. The third kappa shape index (κ3) is 1.92. The maximum atomic E-state index is 12.3. The molecule has 1 aromatic carbocycles. The van der Waals surface area contributed by atoms with E-state index in [1.165, 1.54) is 0 Å². The number of aliphatic hydroxyl groups excluding tert-OH is 1. The van der Waals surface area contributed by atoms with E-state index < -0.39 is 12.3 Å². The first-order chi connectivity index (χ1) is 7.39. The van der Waals surface area contributed by atoms with Crippen molar-refractivity contribution in [2.75, 3.05) is 0 Å². The maximum Gasteiger partial charge on any atom is 0.418 e. The molecule has 0 saturated heterocycles. The van der Waals surface area contributed by atoms with E-state index in [4.69, 9.17) is 9.52 Å². The lowest BCUT2D eigenvalue weighted by atomic mass is 10.1. The van der Waals surface area contributed by atoms with Crippen LogP contribution in [0.1, 0.15) is 11.7 Å². The summed E-state index contributed by atoms with van der Waals surface area (Å²) in [7, 11) is 0. The highest BCUT2D eigenvalue weighted by molar-refractivity contribution is 9.10. The first-order valence-electron chi connectivity index (χ1n) is 4.17. The Kier molecular flexibility index (Phi) is 2.67. The molecular weight excluding hydrogens is 291 g/mol. The fourth-order valence-corrected chi connectivity index (χ4v) is 1.86. The molecule has 16 heavy (non-hydrogen) atoms. The van der Waals surface area contributed by atoms with Gasteiger partial charge in [-0.1, -0.05) is 0 Å². The number of alkyl halides is 3. The molecule has 0 aliphatic carbocycles. The van der Waals surface area contributed by atoms with Crippen LogP contribution in [0.4, 0.5) is 13.2 Å². The quantitative estimate of drug-likeness (QED) is 0.879. The van der Waals surface area contributed by atoms with Gasteiger partial charge in [0.15, 0.2) is 18.1 Å². The average Bonchev–Trinajstić information content (AvgIpc) is 2.63. The molecule has 0 amide bonds. The van der Waals surface area contributed by atoms with Crippen LogP contribution in [0.3, 0.4) is 0 Å². The number of aliphatic hydroxyl groups is 1. The molecule has 86 valence electrons. The first-order valence-corrected chi connectivity index (χ1v) is 4.96. The number of fused-ring (bicyclic) bond motifs is 1. The molecule has 2 rings (SSSR count). The van der Waals surface area contributed by atoms with Gasteiger partial charge in [-0.2, -0.15) is 13.2 Å². The van der Waals surface area contributed by atoms with E-state index in [9.17, 15) is 13.2 Å². The van der Waals surface area contributed by atoms with Gasteiger partial charge in [0.25, 0.3) is 0 Å². The summed E-state index contributed by atoms with van der Waals surface area (Å²) in [5.74, 6) is 0. The number of benzene rings is 1. The summed E-state index contributed by atoms with van der Waals surface area (Å²) in [5.41, 5.74) is 0.326. The Morgan fingerprint density at radius 2 is 2.06 bits per heavy atom. The highest BCUT2D eigenvalue weighted by Crippen LogP contribution is 2.35. The summed E-state index contributed by atoms with van der Waals surface area (Å²) in [6.45, 7) is 0. The average molecular weight is 296 g/mol. The van der Waals surface area contributed by atoms with Crippen LogP contribution >= 0.6 is 15.9 Å². The number of aromatic nitrogens is 1. The molecule has 0 fully saturated rings. The molecule has 1 unspecified atom stereocenters. The van der Waals surface area contributed by atoms with E-state index in [-0.39, 0.29) is 11.1 Å². The second-order valence-electron chi connectivity index (χ2n) is 3.15. The molecule has 1 atom stereocenters.